The van der Waals surface area contributed by atoms with E-state index < -0.39 is 10.9 Å². The third-order valence-electron chi connectivity index (χ3n) is 2.10. The molecule has 6 nitrogen and oxygen atoms in total. The van der Waals surface area contributed by atoms with E-state index >= 15 is 0 Å². The van der Waals surface area contributed by atoms with Crippen molar-refractivity contribution in [3.05, 3.63) is 33.9 Å². The Labute approximate surface area is 98.0 Å². The van der Waals surface area contributed by atoms with E-state index in [1.165, 1.54) is 12.1 Å². The lowest BCUT2D eigenvalue weighted by atomic mass is 10.2. The lowest BCUT2D eigenvalue weighted by Crippen LogP contribution is -2.03. The quantitative estimate of drug-likeness (QED) is 0.466. The summed E-state index contributed by atoms with van der Waals surface area (Å²) in [6, 6.07) is 4.65. The van der Waals surface area contributed by atoms with Crippen molar-refractivity contribution in [2.75, 3.05) is 6.61 Å². The number of nitrogens with zero attached hydrogens (tertiary/aromatic N) is 1. The van der Waals surface area contributed by atoms with Crippen molar-refractivity contribution in [2.24, 2.45) is 0 Å². The Hall–Kier alpha value is -2.11. The summed E-state index contributed by atoms with van der Waals surface area (Å²) in [5.74, 6) is -0.738. The van der Waals surface area contributed by atoms with Crippen LogP contribution in [0.2, 0.25) is 0 Å². The van der Waals surface area contributed by atoms with E-state index in [4.69, 9.17) is 9.84 Å². The van der Waals surface area contributed by atoms with Crippen LogP contribution in [0.1, 0.15) is 18.4 Å². The maximum absolute atomic E-state index is 10.7. The van der Waals surface area contributed by atoms with E-state index in [2.05, 4.69) is 0 Å². The Bertz CT molecular complexity index is 430. The van der Waals surface area contributed by atoms with Crippen molar-refractivity contribution < 1.29 is 19.6 Å². The topological polar surface area (TPSA) is 89.7 Å². The Morgan fingerprint density at radius 3 is 2.82 bits per heavy atom. The molecule has 1 N–H and O–H groups in total. The number of hydrogen-bond acceptors (Lipinski definition) is 4. The summed E-state index contributed by atoms with van der Waals surface area (Å²) in [5, 5.41) is 19.2. The number of carboxylic acids is 1. The lowest BCUT2D eigenvalue weighted by Gasteiger charge is -2.06. The molecule has 0 bridgehead atoms. The second kappa shape index (κ2) is 5.83. The van der Waals surface area contributed by atoms with Gasteiger partial charge in [-0.25, -0.2) is 0 Å². The molecule has 0 saturated heterocycles. The van der Waals surface area contributed by atoms with Gasteiger partial charge in [0.2, 0.25) is 0 Å². The highest BCUT2D eigenvalue weighted by Crippen LogP contribution is 2.27. The largest absolute Gasteiger partial charge is 0.487 e. The first kappa shape index (κ1) is 13.0. The van der Waals surface area contributed by atoms with E-state index in [9.17, 15) is 14.9 Å². The maximum atomic E-state index is 10.7. The van der Waals surface area contributed by atoms with Gasteiger partial charge in [0.15, 0.2) is 5.75 Å². The molecule has 0 aliphatic heterocycles. The normalized spacial score (nSPS) is 9.94. The van der Waals surface area contributed by atoms with Crippen LogP contribution in [-0.4, -0.2) is 22.6 Å². The zero-order valence-electron chi connectivity index (χ0n) is 9.38. The minimum Gasteiger partial charge on any atom is -0.487 e. The molecule has 0 heterocycles. The summed E-state index contributed by atoms with van der Waals surface area (Å²) in [6.07, 6.45) is 0.306. The average Bonchev–Trinajstić information content (AvgIpc) is 2.25. The standard InChI is InChI=1S/C11H13NO5/c1-8-4-5-10(9(7-8)12(15)16)17-6-2-3-11(13)14/h4-5,7H,2-3,6H2,1H3,(H,13,14). The highest BCUT2D eigenvalue weighted by molar-refractivity contribution is 5.66. The minimum absolute atomic E-state index is 0.0142. The Kier molecular flexibility index (Phi) is 4.45. The first-order valence-corrected chi connectivity index (χ1v) is 5.10. The number of nitro groups is 1. The molecule has 0 unspecified atom stereocenters. The number of rotatable bonds is 6. The van der Waals surface area contributed by atoms with Crippen LogP contribution in [0.4, 0.5) is 5.69 Å². The fourth-order valence-corrected chi connectivity index (χ4v) is 1.30. The molecule has 0 aliphatic rings. The van der Waals surface area contributed by atoms with Crippen LogP contribution in [0.5, 0.6) is 5.75 Å². The molecule has 1 aromatic rings. The fraction of sp³-hybridized carbons (Fsp3) is 0.364. The summed E-state index contributed by atoms with van der Waals surface area (Å²) in [6.45, 7) is 1.90. The molecule has 0 radical (unpaired) electrons. The number of ether oxygens (including phenoxy) is 1. The van der Waals surface area contributed by atoms with Crippen molar-refractivity contribution in [1.82, 2.24) is 0 Å². The Morgan fingerprint density at radius 1 is 1.53 bits per heavy atom. The molecule has 0 saturated carbocycles. The van der Waals surface area contributed by atoms with Crippen LogP contribution in [0.15, 0.2) is 18.2 Å². The SMILES string of the molecule is Cc1ccc(OCCCC(=O)O)c([N+](=O)[O-])c1. The zero-order chi connectivity index (χ0) is 12.8. The molecular weight excluding hydrogens is 226 g/mol. The zero-order valence-corrected chi connectivity index (χ0v) is 9.38. The second-order valence-electron chi connectivity index (χ2n) is 3.57. The van der Waals surface area contributed by atoms with Gasteiger partial charge in [-0.1, -0.05) is 6.07 Å². The summed E-state index contributed by atoms with van der Waals surface area (Å²) in [7, 11) is 0. The molecule has 1 aromatic carbocycles. The molecule has 6 heteroatoms. The molecule has 1 rings (SSSR count). The lowest BCUT2D eigenvalue weighted by molar-refractivity contribution is -0.385. The van der Waals surface area contributed by atoms with Crippen LogP contribution in [-0.2, 0) is 4.79 Å². The number of aliphatic carboxylic acids is 1. The first-order chi connectivity index (χ1) is 8.00. The Morgan fingerprint density at radius 2 is 2.24 bits per heavy atom. The van der Waals surface area contributed by atoms with Gasteiger partial charge >= 0.3 is 11.7 Å². The monoisotopic (exact) mass is 239 g/mol. The van der Waals surface area contributed by atoms with Crippen molar-refractivity contribution in [3.8, 4) is 5.75 Å². The predicted molar refractivity (Wildman–Crippen MR) is 60.2 cm³/mol. The second-order valence-corrected chi connectivity index (χ2v) is 3.57. The Balaban J connectivity index is 2.64. The molecular formula is C11H13NO5. The number of carbonyl (C=O) groups is 1. The van der Waals surface area contributed by atoms with Crippen molar-refractivity contribution in [2.45, 2.75) is 19.8 Å². The van der Waals surface area contributed by atoms with Crippen LogP contribution in [0.3, 0.4) is 0 Å². The van der Waals surface area contributed by atoms with Crippen molar-refractivity contribution in [3.63, 3.8) is 0 Å². The van der Waals surface area contributed by atoms with E-state index in [1.54, 1.807) is 13.0 Å². The highest BCUT2D eigenvalue weighted by Gasteiger charge is 2.14. The summed E-state index contributed by atoms with van der Waals surface area (Å²) in [4.78, 5) is 20.5. The molecule has 0 aliphatic carbocycles. The van der Waals surface area contributed by atoms with E-state index in [0.717, 1.165) is 5.56 Å². The molecule has 0 fully saturated rings. The summed E-state index contributed by atoms with van der Waals surface area (Å²) < 4.78 is 5.20. The van der Waals surface area contributed by atoms with Crippen LogP contribution in [0, 0.1) is 17.0 Å². The first-order valence-electron chi connectivity index (χ1n) is 5.10. The number of benzene rings is 1. The van der Waals surface area contributed by atoms with Gasteiger partial charge in [0.05, 0.1) is 11.5 Å². The molecule has 0 amide bonds. The van der Waals surface area contributed by atoms with Gasteiger partial charge in [-0.15, -0.1) is 0 Å². The highest BCUT2D eigenvalue weighted by atomic mass is 16.6. The van der Waals surface area contributed by atoms with Crippen molar-refractivity contribution in [1.29, 1.82) is 0 Å². The third kappa shape index (κ3) is 4.10. The van der Waals surface area contributed by atoms with Gasteiger partial charge in [-0.2, -0.15) is 0 Å². The van der Waals surface area contributed by atoms with Gasteiger partial charge in [-0.3, -0.25) is 14.9 Å². The minimum atomic E-state index is -0.910. The van der Waals surface area contributed by atoms with E-state index in [1.807, 2.05) is 0 Å². The van der Waals surface area contributed by atoms with Gasteiger partial charge in [-0.05, 0) is 25.0 Å². The summed E-state index contributed by atoms with van der Waals surface area (Å²) >= 11 is 0. The van der Waals surface area contributed by atoms with Gasteiger partial charge in [0, 0.05) is 12.5 Å². The molecule has 92 valence electrons. The van der Waals surface area contributed by atoms with Gasteiger partial charge < -0.3 is 9.84 Å². The van der Waals surface area contributed by atoms with Crippen LogP contribution >= 0.6 is 0 Å². The predicted octanol–water partition coefficient (Wildman–Crippen LogP) is 2.15. The van der Waals surface area contributed by atoms with Crippen molar-refractivity contribution >= 4 is 11.7 Å². The molecule has 0 aromatic heterocycles. The number of nitro benzene ring substituents is 1. The number of carboxylic acid groups (broad SMARTS) is 1. The smallest absolute Gasteiger partial charge is 0.311 e. The molecule has 0 spiro atoms. The number of aryl methyl sites for hydroxylation is 1. The van der Waals surface area contributed by atoms with Gasteiger partial charge in [0.1, 0.15) is 0 Å². The fourth-order valence-electron chi connectivity index (χ4n) is 1.30. The van der Waals surface area contributed by atoms with Crippen LogP contribution < -0.4 is 4.74 Å². The molecule has 0 atom stereocenters. The number of hydrogen-bond donors (Lipinski definition) is 1. The van der Waals surface area contributed by atoms with Crippen LogP contribution in [0.25, 0.3) is 0 Å². The van der Waals surface area contributed by atoms with Gasteiger partial charge in [0.25, 0.3) is 0 Å². The maximum Gasteiger partial charge on any atom is 0.311 e. The average molecular weight is 239 g/mol. The summed E-state index contributed by atoms with van der Waals surface area (Å²) in [5.41, 5.74) is 0.676. The van der Waals surface area contributed by atoms with E-state index in [-0.39, 0.29) is 24.5 Å². The third-order valence-corrected chi connectivity index (χ3v) is 2.10. The molecule has 17 heavy (non-hydrogen) atoms. The van der Waals surface area contributed by atoms with E-state index in [0.29, 0.717) is 6.42 Å².